The van der Waals surface area contributed by atoms with Crippen molar-refractivity contribution < 1.29 is 0 Å². The average Bonchev–Trinajstić information content (AvgIpc) is 2.64. The molecule has 0 bridgehead atoms. The van der Waals surface area contributed by atoms with Crippen LogP contribution in [0.15, 0.2) is 23.1 Å². The maximum Gasteiger partial charge on any atom is 0.153 e. The molecular formula is C11H14BrN5. The SMILES string of the molecule is CNC(c1ccncc1C)c1c(Br)nnn1C. The van der Waals surface area contributed by atoms with Crippen molar-refractivity contribution in [2.45, 2.75) is 13.0 Å². The first-order valence-electron chi connectivity index (χ1n) is 5.28. The van der Waals surface area contributed by atoms with E-state index in [1.165, 1.54) is 5.56 Å². The lowest BCUT2D eigenvalue weighted by molar-refractivity contribution is 0.594. The van der Waals surface area contributed by atoms with E-state index in [-0.39, 0.29) is 6.04 Å². The zero-order valence-electron chi connectivity index (χ0n) is 9.98. The molecule has 17 heavy (non-hydrogen) atoms. The van der Waals surface area contributed by atoms with Gasteiger partial charge < -0.3 is 5.32 Å². The van der Waals surface area contributed by atoms with E-state index < -0.39 is 0 Å². The van der Waals surface area contributed by atoms with Crippen LogP contribution >= 0.6 is 15.9 Å². The molecule has 0 radical (unpaired) electrons. The smallest absolute Gasteiger partial charge is 0.153 e. The minimum Gasteiger partial charge on any atom is -0.308 e. The van der Waals surface area contributed by atoms with Gasteiger partial charge in [0, 0.05) is 19.4 Å². The zero-order valence-corrected chi connectivity index (χ0v) is 11.6. The predicted molar refractivity (Wildman–Crippen MR) is 68.6 cm³/mol. The summed E-state index contributed by atoms with van der Waals surface area (Å²) in [7, 11) is 3.80. The molecule has 90 valence electrons. The molecule has 0 saturated heterocycles. The van der Waals surface area contributed by atoms with Crippen molar-refractivity contribution in [1.82, 2.24) is 25.3 Å². The molecule has 2 heterocycles. The summed E-state index contributed by atoms with van der Waals surface area (Å²) in [6.07, 6.45) is 3.65. The van der Waals surface area contributed by atoms with E-state index >= 15 is 0 Å². The Morgan fingerprint density at radius 1 is 1.47 bits per heavy atom. The molecule has 2 aromatic rings. The van der Waals surface area contributed by atoms with Crippen LogP contribution in [0.4, 0.5) is 0 Å². The fraction of sp³-hybridized carbons (Fsp3) is 0.364. The van der Waals surface area contributed by atoms with Crippen molar-refractivity contribution >= 4 is 15.9 Å². The second-order valence-electron chi connectivity index (χ2n) is 3.84. The molecule has 0 amide bonds. The normalized spacial score (nSPS) is 12.7. The highest BCUT2D eigenvalue weighted by molar-refractivity contribution is 9.10. The highest BCUT2D eigenvalue weighted by Crippen LogP contribution is 2.27. The van der Waals surface area contributed by atoms with Crippen LogP contribution in [0.1, 0.15) is 22.9 Å². The zero-order chi connectivity index (χ0) is 12.4. The predicted octanol–water partition coefficient (Wildman–Crippen LogP) is 1.59. The summed E-state index contributed by atoms with van der Waals surface area (Å²) in [6.45, 7) is 2.05. The number of aryl methyl sites for hydroxylation is 2. The Bertz CT molecular complexity index is 503. The van der Waals surface area contributed by atoms with Gasteiger partial charge in [0.1, 0.15) is 0 Å². The fourth-order valence-electron chi connectivity index (χ4n) is 1.89. The van der Waals surface area contributed by atoms with Crippen LogP contribution in [-0.4, -0.2) is 27.0 Å². The van der Waals surface area contributed by atoms with Crippen molar-refractivity contribution in [2.24, 2.45) is 7.05 Å². The number of nitrogens with zero attached hydrogens (tertiary/aromatic N) is 4. The second kappa shape index (κ2) is 4.93. The standard InChI is InChI=1S/C11H14BrN5/c1-7-6-14-5-4-8(7)9(13-2)10-11(12)15-16-17(10)3/h4-6,9,13H,1-3H3. The Morgan fingerprint density at radius 3 is 2.76 bits per heavy atom. The molecule has 1 unspecified atom stereocenters. The van der Waals surface area contributed by atoms with Crippen LogP contribution in [0.2, 0.25) is 0 Å². The molecular weight excluding hydrogens is 282 g/mol. The van der Waals surface area contributed by atoms with E-state index in [1.54, 1.807) is 10.9 Å². The number of hydrogen-bond acceptors (Lipinski definition) is 4. The highest BCUT2D eigenvalue weighted by Gasteiger charge is 2.21. The van der Waals surface area contributed by atoms with E-state index in [0.717, 1.165) is 15.9 Å². The first-order chi connectivity index (χ1) is 8.15. The Labute approximate surface area is 108 Å². The molecule has 0 aliphatic heterocycles. The van der Waals surface area contributed by atoms with E-state index in [4.69, 9.17) is 0 Å². The average molecular weight is 296 g/mol. The van der Waals surface area contributed by atoms with E-state index in [9.17, 15) is 0 Å². The summed E-state index contributed by atoms with van der Waals surface area (Å²) >= 11 is 3.43. The highest BCUT2D eigenvalue weighted by atomic mass is 79.9. The van der Waals surface area contributed by atoms with Crippen LogP contribution in [-0.2, 0) is 7.05 Å². The van der Waals surface area contributed by atoms with Gasteiger partial charge in [-0.1, -0.05) is 5.21 Å². The van der Waals surface area contributed by atoms with Gasteiger partial charge in [-0.05, 0) is 47.1 Å². The van der Waals surface area contributed by atoms with Gasteiger partial charge in [-0.3, -0.25) is 4.98 Å². The third kappa shape index (κ3) is 2.23. The number of aromatic nitrogens is 4. The summed E-state index contributed by atoms with van der Waals surface area (Å²) in [5, 5.41) is 11.3. The van der Waals surface area contributed by atoms with Crippen LogP contribution in [0.3, 0.4) is 0 Å². The third-order valence-corrected chi connectivity index (χ3v) is 3.33. The molecule has 0 fully saturated rings. The molecule has 2 rings (SSSR count). The van der Waals surface area contributed by atoms with Crippen molar-refractivity contribution in [3.63, 3.8) is 0 Å². The fourth-order valence-corrected chi connectivity index (χ4v) is 2.45. The quantitative estimate of drug-likeness (QED) is 0.934. The van der Waals surface area contributed by atoms with Gasteiger partial charge in [0.15, 0.2) is 4.60 Å². The van der Waals surface area contributed by atoms with E-state index in [1.807, 2.05) is 33.3 Å². The lowest BCUT2D eigenvalue weighted by Gasteiger charge is -2.18. The van der Waals surface area contributed by atoms with Crippen molar-refractivity contribution in [3.05, 3.63) is 39.9 Å². The molecule has 6 heteroatoms. The largest absolute Gasteiger partial charge is 0.308 e. The lowest BCUT2D eigenvalue weighted by atomic mass is 10.0. The molecule has 1 atom stereocenters. The minimum absolute atomic E-state index is 0.0485. The molecule has 5 nitrogen and oxygen atoms in total. The van der Waals surface area contributed by atoms with Crippen LogP contribution in [0.25, 0.3) is 0 Å². The molecule has 2 aromatic heterocycles. The Hall–Kier alpha value is -1.27. The molecule has 0 saturated carbocycles. The summed E-state index contributed by atoms with van der Waals surface area (Å²) in [5.74, 6) is 0. The third-order valence-electron chi connectivity index (χ3n) is 2.76. The van der Waals surface area contributed by atoms with Crippen molar-refractivity contribution in [1.29, 1.82) is 0 Å². The topological polar surface area (TPSA) is 55.6 Å². The Kier molecular flexibility index (Phi) is 3.54. The van der Waals surface area contributed by atoms with Gasteiger partial charge in [0.2, 0.25) is 0 Å². The Morgan fingerprint density at radius 2 is 2.24 bits per heavy atom. The Balaban J connectivity index is 2.52. The van der Waals surface area contributed by atoms with Gasteiger partial charge in [-0.25, -0.2) is 4.68 Å². The van der Waals surface area contributed by atoms with Gasteiger partial charge in [-0.2, -0.15) is 0 Å². The van der Waals surface area contributed by atoms with Gasteiger partial charge in [0.25, 0.3) is 0 Å². The van der Waals surface area contributed by atoms with Crippen molar-refractivity contribution in [2.75, 3.05) is 7.05 Å². The second-order valence-corrected chi connectivity index (χ2v) is 4.59. The van der Waals surface area contributed by atoms with Gasteiger partial charge in [-0.15, -0.1) is 5.10 Å². The number of nitrogens with one attached hydrogen (secondary N) is 1. The maximum absolute atomic E-state index is 4.11. The maximum atomic E-state index is 4.11. The molecule has 0 aliphatic carbocycles. The van der Waals surface area contributed by atoms with Crippen molar-refractivity contribution in [3.8, 4) is 0 Å². The van der Waals surface area contributed by atoms with Gasteiger partial charge >= 0.3 is 0 Å². The number of halogens is 1. The van der Waals surface area contributed by atoms with Crippen LogP contribution < -0.4 is 5.32 Å². The van der Waals surface area contributed by atoms with E-state index in [2.05, 4.69) is 36.5 Å². The molecule has 0 spiro atoms. The molecule has 1 N–H and O–H groups in total. The monoisotopic (exact) mass is 295 g/mol. The minimum atomic E-state index is 0.0485. The number of pyridine rings is 1. The van der Waals surface area contributed by atoms with E-state index in [0.29, 0.717) is 0 Å². The lowest BCUT2D eigenvalue weighted by Crippen LogP contribution is -2.22. The first kappa shape index (κ1) is 12.2. The summed E-state index contributed by atoms with van der Waals surface area (Å²) in [5.41, 5.74) is 3.32. The first-order valence-corrected chi connectivity index (χ1v) is 6.07. The van der Waals surface area contributed by atoms with Gasteiger partial charge in [0.05, 0.1) is 11.7 Å². The number of rotatable bonds is 3. The number of hydrogen-bond donors (Lipinski definition) is 1. The van der Waals surface area contributed by atoms with Crippen LogP contribution in [0, 0.1) is 6.92 Å². The van der Waals surface area contributed by atoms with Crippen LogP contribution in [0.5, 0.6) is 0 Å². The summed E-state index contributed by atoms with van der Waals surface area (Å²) in [6, 6.07) is 2.06. The summed E-state index contributed by atoms with van der Waals surface area (Å²) in [4.78, 5) is 4.11. The molecule has 0 aliphatic rings. The molecule has 0 aromatic carbocycles. The summed E-state index contributed by atoms with van der Waals surface area (Å²) < 4.78 is 2.53.